The van der Waals surface area contributed by atoms with Crippen LogP contribution in [-0.2, 0) is 0 Å². The van der Waals surface area contributed by atoms with E-state index in [-0.39, 0.29) is 70.6 Å². The Morgan fingerprint density at radius 2 is 0.833 bits per heavy atom. The van der Waals surface area contributed by atoms with E-state index in [1.54, 1.807) is 24.3 Å². The number of hydrogen-bond donors (Lipinski definition) is 0. The Morgan fingerprint density at radius 3 is 1.25 bits per heavy atom. The average molecular weight is 330 g/mol. The van der Waals surface area contributed by atoms with Crippen molar-refractivity contribution >= 4 is 21.5 Å². The van der Waals surface area contributed by atoms with Crippen molar-refractivity contribution in [3.63, 3.8) is 0 Å². The first-order valence-electron chi connectivity index (χ1n) is 7.13. The summed E-state index contributed by atoms with van der Waals surface area (Å²) in [6, 6.07) is 22.0. The smallest absolute Gasteiger partial charge is 0.872 e. The van der Waals surface area contributed by atoms with E-state index in [0.29, 0.717) is 11.1 Å². The van der Waals surface area contributed by atoms with Crippen LogP contribution in [0.1, 0.15) is 0 Å². The van der Waals surface area contributed by atoms with E-state index in [9.17, 15) is 10.2 Å². The molecule has 0 aliphatic rings. The second-order valence-corrected chi connectivity index (χ2v) is 5.32. The Bertz CT molecular complexity index is 929. The van der Waals surface area contributed by atoms with Crippen molar-refractivity contribution in [1.82, 2.24) is 0 Å². The molecule has 0 heterocycles. The summed E-state index contributed by atoms with van der Waals surface area (Å²) in [6.07, 6.45) is 0. The first-order valence-corrected chi connectivity index (χ1v) is 7.13. The molecule has 4 aromatic rings. The fraction of sp³-hybridized carbons (Fsp3) is 0. The Balaban J connectivity index is 0.00000104. The van der Waals surface area contributed by atoms with Gasteiger partial charge in [0.05, 0.1) is 0 Å². The molecule has 0 saturated heterocycles. The predicted molar refractivity (Wildman–Crippen MR) is 85.8 cm³/mol. The fourth-order valence-corrected chi connectivity index (χ4v) is 3.02. The molecule has 0 bridgehead atoms. The van der Waals surface area contributed by atoms with Gasteiger partial charge in [-0.15, -0.1) is 11.5 Å². The molecule has 0 spiro atoms. The van der Waals surface area contributed by atoms with Gasteiger partial charge in [0.2, 0.25) is 0 Å². The standard InChI is InChI=1S/C20H14O2.2Na/c21-17-11-9-13-5-1-3-7-15(13)19(17)20-16-8-4-2-6-14(16)10-12-18(20)22;;/h1-12,21-22H;;/q;2*+1/p-2. The van der Waals surface area contributed by atoms with Crippen molar-refractivity contribution in [1.29, 1.82) is 0 Å². The zero-order valence-corrected chi connectivity index (χ0v) is 17.7. The monoisotopic (exact) mass is 330 g/mol. The van der Waals surface area contributed by atoms with Gasteiger partial charge in [0.15, 0.2) is 0 Å². The molecule has 0 N–H and O–H groups in total. The van der Waals surface area contributed by atoms with Crippen LogP contribution >= 0.6 is 0 Å². The summed E-state index contributed by atoms with van der Waals surface area (Å²) in [6.45, 7) is 0. The molecule has 106 valence electrons. The Kier molecular flexibility index (Phi) is 6.38. The second-order valence-electron chi connectivity index (χ2n) is 5.32. The molecular weight excluding hydrogens is 318 g/mol. The molecule has 0 atom stereocenters. The summed E-state index contributed by atoms with van der Waals surface area (Å²) in [4.78, 5) is 0. The molecular formula is C20H12Na2O2. The van der Waals surface area contributed by atoms with Gasteiger partial charge < -0.3 is 10.2 Å². The summed E-state index contributed by atoms with van der Waals surface area (Å²) in [5, 5.41) is 28.6. The Hall–Kier alpha value is -1.000. The maximum Gasteiger partial charge on any atom is 1.00 e. The van der Waals surface area contributed by atoms with Crippen LogP contribution in [0.3, 0.4) is 0 Å². The normalized spacial score (nSPS) is 10.2. The molecule has 0 aliphatic heterocycles. The molecule has 0 fully saturated rings. The molecule has 4 heteroatoms. The Morgan fingerprint density at radius 1 is 0.458 bits per heavy atom. The van der Waals surface area contributed by atoms with Gasteiger partial charge in [0.1, 0.15) is 0 Å². The topological polar surface area (TPSA) is 46.1 Å². The van der Waals surface area contributed by atoms with Crippen LogP contribution in [0.2, 0.25) is 0 Å². The van der Waals surface area contributed by atoms with Gasteiger partial charge in [0, 0.05) is 0 Å². The number of fused-ring (bicyclic) bond motifs is 2. The second kappa shape index (κ2) is 7.92. The largest absolute Gasteiger partial charge is 1.00 e. The van der Waals surface area contributed by atoms with Crippen LogP contribution in [0.15, 0.2) is 72.8 Å². The van der Waals surface area contributed by atoms with Crippen LogP contribution in [0.25, 0.3) is 32.7 Å². The van der Waals surface area contributed by atoms with Crippen LogP contribution in [0, 0.1) is 0 Å². The summed E-state index contributed by atoms with van der Waals surface area (Å²) in [7, 11) is 0. The third-order valence-corrected chi connectivity index (χ3v) is 4.03. The SMILES string of the molecule is [Na+].[Na+].[O-]c1ccc2ccccc2c1-c1c([O-])ccc2ccccc12. The van der Waals surface area contributed by atoms with Crippen molar-refractivity contribution in [2.45, 2.75) is 0 Å². The zero-order valence-electron chi connectivity index (χ0n) is 13.7. The molecule has 0 amide bonds. The maximum atomic E-state index is 12.5. The minimum atomic E-state index is -0.118. The van der Waals surface area contributed by atoms with Gasteiger partial charge in [-0.05, 0) is 32.7 Å². The van der Waals surface area contributed by atoms with Gasteiger partial charge in [-0.3, -0.25) is 0 Å². The minimum absolute atomic E-state index is 0. The average Bonchev–Trinajstić information content (AvgIpc) is 2.56. The number of hydrogen-bond acceptors (Lipinski definition) is 2. The summed E-state index contributed by atoms with van der Waals surface area (Å²) >= 11 is 0. The third-order valence-electron chi connectivity index (χ3n) is 4.03. The van der Waals surface area contributed by atoms with Crippen molar-refractivity contribution in [2.24, 2.45) is 0 Å². The number of benzene rings is 4. The fourth-order valence-electron chi connectivity index (χ4n) is 3.02. The quantitative estimate of drug-likeness (QED) is 0.373. The van der Waals surface area contributed by atoms with Gasteiger partial charge in [-0.1, -0.05) is 72.8 Å². The maximum absolute atomic E-state index is 12.5. The van der Waals surface area contributed by atoms with Gasteiger partial charge in [-0.25, -0.2) is 0 Å². The van der Waals surface area contributed by atoms with Crippen molar-refractivity contribution < 1.29 is 69.3 Å². The van der Waals surface area contributed by atoms with E-state index < -0.39 is 0 Å². The van der Waals surface area contributed by atoms with Crippen LogP contribution < -0.4 is 69.3 Å². The molecule has 4 aromatic carbocycles. The van der Waals surface area contributed by atoms with Crippen molar-refractivity contribution in [3.05, 3.63) is 72.8 Å². The number of rotatable bonds is 1. The summed E-state index contributed by atoms with van der Waals surface area (Å²) in [5.74, 6) is -0.237. The molecule has 4 rings (SSSR count). The van der Waals surface area contributed by atoms with E-state index >= 15 is 0 Å². The van der Waals surface area contributed by atoms with Gasteiger partial charge in [-0.2, -0.15) is 0 Å². The van der Waals surface area contributed by atoms with E-state index in [0.717, 1.165) is 21.5 Å². The van der Waals surface area contributed by atoms with E-state index in [1.807, 2.05) is 48.5 Å². The summed E-state index contributed by atoms with van der Waals surface area (Å²) in [5.41, 5.74) is 1.000. The van der Waals surface area contributed by atoms with Gasteiger partial charge >= 0.3 is 59.1 Å². The third kappa shape index (κ3) is 3.23. The van der Waals surface area contributed by atoms with Gasteiger partial charge in [0.25, 0.3) is 0 Å². The molecule has 24 heavy (non-hydrogen) atoms. The molecule has 0 aromatic heterocycles. The summed E-state index contributed by atoms with van der Waals surface area (Å²) < 4.78 is 0. The van der Waals surface area contributed by atoms with Crippen LogP contribution in [0.5, 0.6) is 11.5 Å². The molecule has 0 unspecified atom stereocenters. The first-order chi connectivity index (χ1) is 10.8. The van der Waals surface area contributed by atoms with E-state index in [2.05, 4.69) is 0 Å². The van der Waals surface area contributed by atoms with E-state index in [1.165, 1.54) is 0 Å². The van der Waals surface area contributed by atoms with Crippen LogP contribution in [-0.4, -0.2) is 0 Å². The first kappa shape index (κ1) is 19.3. The van der Waals surface area contributed by atoms with E-state index in [4.69, 9.17) is 0 Å². The molecule has 0 saturated carbocycles. The predicted octanol–water partition coefficient (Wildman–Crippen LogP) is -2.18. The molecule has 0 radical (unpaired) electrons. The van der Waals surface area contributed by atoms with Crippen molar-refractivity contribution in [3.8, 4) is 22.6 Å². The van der Waals surface area contributed by atoms with Crippen LogP contribution in [0.4, 0.5) is 0 Å². The zero-order chi connectivity index (χ0) is 15.1. The minimum Gasteiger partial charge on any atom is -0.872 e. The Labute approximate surface area is 184 Å². The molecule has 0 aliphatic carbocycles. The molecule has 2 nitrogen and oxygen atoms in total. The van der Waals surface area contributed by atoms with Crippen molar-refractivity contribution in [2.75, 3.05) is 0 Å².